The molecule has 1 aromatic carbocycles. The Morgan fingerprint density at radius 2 is 1.82 bits per heavy atom. The van der Waals surface area contributed by atoms with Crippen molar-refractivity contribution in [3.63, 3.8) is 0 Å². The molecule has 1 saturated carbocycles. The Morgan fingerprint density at radius 1 is 1.18 bits per heavy atom. The first-order valence-corrected chi connectivity index (χ1v) is 11.1. The molecule has 9 nitrogen and oxygen atoms in total. The normalized spacial score (nSPS) is 22.7. The maximum absolute atomic E-state index is 12.6. The molecule has 1 amide bonds. The molecule has 1 aromatic rings. The number of hydrogen-bond donors (Lipinski definition) is 4. The van der Waals surface area contributed by atoms with Gasteiger partial charge >= 0.3 is 0 Å². The van der Waals surface area contributed by atoms with Gasteiger partial charge in [0.2, 0.25) is 15.9 Å². The number of hydrazone groups is 1. The number of hydrazine groups is 2. The highest BCUT2D eigenvalue weighted by Gasteiger charge is 2.29. The highest BCUT2D eigenvalue weighted by molar-refractivity contribution is 7.90. The van der Waals surface area contributed by atoms with E-state index in [0.717, 1.165) is 17.1 Å². The van der Waals surface area contributed by atoms with Crippen molar-refractivity contribution in [2.24, 2.45) is 11.0 Å². The van der Waals surface area contributed by atoms with Gasteiger partial charge in [0, 0.05) is 30.3 Å². The minimum absolute atomic E-state index is 0.0171. The molecule has 1 heterocycles. The summed E-state index contributed by atoms with van der Waals surface area (Å²) in [5.41, 5.74) is 7.20. The number of benzene rings is 1. The lowest BCUT2D eigenvalue weighted by Gasteiger charge is -2.28. The molecule has 0 spiro atoms. The van der Waals surface area contributed by atoms with Crippen LogP contribution in [0.3, 0.4) is 0 Å². The lowest BCUT2D eigenvalue weighted by Crippen LogP contribution is -2.42. The molecular weight excluding hydrogens is 380 g/mol. The number of nitrogens with zero attached hydrogens (tertiary/aromatic N) is 2. The van der Waals surface area contributed by atoms with E-state index in [4.69, 9.17) is 0 Å². The second-order valence-electron chi connectivity index (χ2n) is 7.54. The van der Waals surface area contributed by atoms with Gasteiger partial charge in [0.25, 0.3) is 0 Å². The molecule has 28 heavy (non-hydrogen) atoms. The summed E-state index contributed by atoms with van der Waals surface area (Å²) in [6, 6.07) is 7.42. The average Bonchev–Trinajstić information content (AvgIpc) is 3.08. The monoisotopic (exact) mass is 408 g/mol. The molecular formula is C18H28N6O3S. The number of carbonyl (C=O) groups excluding carboxylic acids is 1. The van der Waals surface area contributed by atoms with E-state index < -0.39 is 15.3 Å². The quantitative estimate of drug-likeness (QED) is 0.561. The average molecular weight is 409 g/mol. The molecule has 4 N–H and O–H groups in total. The summed E-state index contributed by atoms with van der Waals surface area (Å²) in [6.45, 7) is 3.33. The number of rotatable bonds is 6. The molecule has 0 aromatic heterocycles. The fourth-order valence-electron chi connectivity index (χ4n) is 3.33. The third-order valence-electron chi connectivity index (χ3n) is 5.16. The van der Waals surface area contributed by atoms with Gasteiger partial charge in [-0.1, -0.05) is 0 Å². The first-order valence-electron chi connectivity index (χ1n) is 9.51. The van der Waals surface area contributed by atoms with E-state index in [1.807, 2.05) is 31.3 Å². The van der Waals surface area contributed by atoms with E-state index in [-0.39, 0.29) is 17.9 Å². The van der Waals surface area contributed by atoms with Crippen molar-refractivity contribution >= 4 is 27.5 Å². The topological polar surface area (TPSA) is 115 Å². The predicted molar refractivity (Wildman–Crippen MR) is 109 cm³/mol. The van der Waals surface area contributed by atoms with E-state index >= 15 is 0 Å². The Bertz CT molecular complexity index is 829. The number of sulfonamides is 1. The fraction of sp³-hybridized carbons (Fsp3) is 0.556. The molecule has 1 aliphatic carbocycles. The van der Waals surface area contributed by atoms with Crippen LogP contribution in [0.15, 0.2) is 29.4 Å². The van der Waals surface area contributed by atoms with Gasteiger partial charge in [-0.3, -0.25) is 9.80 Å². The minimum Gasteiger partial charge on any atom is -0.326 e. The summed E-state index contributed by atoms with van der Waals surface area (Å²) >= 11 is 0. The van der Waals surface area contributed by atoms with Crippen LogP contribution in [0.25, 0.3) is 0 Å². The summed E-state index contributed by atoms with van der Waals surface area (Å²) < 4.78 is 26.7. The zero-order valence-corrected chi connectivity index (χ0v) is 17.2. The van der Waals surface area contributed by atoms with Crippen LogP contribution < -0.4 is 21.1 Å². The standard InChI is InChI=1S/C18H28N6O3S/c1-12(2)28(26,27)21-16-10-6-14(7-11-16)18(25)19-15-8-4-13(5-9-15)17-20-22-23-24(17)3/h4-5,8-9,12,14,16,21-23H,6-7,10-11H2,1-3H3,(H,19,25). The number of anilines is 1. The molecule has 0 radical (unpaired) electrons. The highest BCUT2D eigenvalue weighted by atomic mass is 32.2. The number of nitrogens with one attached hydrogen (secondary N) is 4. The molecule has 10 heteroatoms. The number of amidine groups is 1. The van der Waals surface area contributed by atoms with Crippen LogP contribution in [0.1, 0.15) is 45.1 Å². The molecule has 1 fully saturated rings. The van der Waals surface area contributed by atoms with Gasteiger partial charge in [0.1, 0.15) is 0 Å². The van der Waals surface area contributed by atoms with Crippen molar-refractivity contribution < 1.29 is 13.2 Å². The van der Waals surface area contributed by atoms with Crippen molar-refractivity contribution in [1.82, 2.24) is 20.8 Å². The smallest absolute Gasteiger partial charge is 0.227 e. The largest absolute Gasteiger partial charge is 0.326 e. The molecule has 1 aliphatic heterocycles. The van der Waals surface area contributed by atoms with Gasteiger partial charge in [-0.15, -0.1) is 10.6 Å². The van der Waals surface area contributed by atoms with Gasteiger partial charge in [0.15, 0.2) is 5.84 Å². The second kappa shape index (κ2) is 8.46. The van der Waals surface area contributed by atoms with Gasteiger partial charge in [-0.05, 0) is 63.8 Å². The maximum Gasteiger partial charge on any atom is 0.227 e. The van der Waals surface area contributed by atoms with E-state index in [2.05, 4.69) is 26.2 Å². The first kappa shape index (κ1) is 20.6. The Morgan fingerprint density at radius 3 is 2.36 bits per heavy atom. The van der Waals surface area contributed by atoms with E-state index in [1.54, 1.807) is 18.9 Å². The van der Waals surface area contributed by atoms with Crippen LogP contribution in [-0.2, 0) is 14.8 Å². The van der Waals surface area contributed by atoms with E-state index in [0.29, 0.717) is 25.7 Å². The van der Waals surface area contributed by atoms with Gasteiger partial charge < -0.3 is 5.32 Å². The van der Waals surface area contributed by atoms with Crippen molar-refractivity contribution in [1.29, 1.82) is 0 Å². The summed E-state index contributed by atoms with van der Waals surface area (Å²) in [6.07, 6.45) is 2.70. The summed E-state index contributed by atoms with van der Waals surface area (Å²) in [7, 11) is -1.42. The first-order chi connectivity index (χ1) is 13.3. The van der Waals surface area contributed by atoms with Gasteiger partial charge in [0.05, 0.1) is 5.25 Å². The lowest BCUT2D eigenvalue weighted by atomic mass is 9.86. The molecule has 0 bridgehead atoms. The minimum atomic E-state index is -3.27. The fourth-order valence-corrected chi connectivity index (χ4v) is 4.30. The Hall–Kier alpha value is -2.17. The van der Waals surface area contributed by atoms with Crippen LogP contribution in [0.5, 0.6) is 0 Å². The van der Waals surface area contributed by atoms with E-state index in [9.17, 15) is 13.2 Å². The van der Waals surface area contributed by atoms with Crippen LogP contribution in [0, 0.1) is 5.92 Å². The zero-order chi connectivity index (χ0) is 20.3. The Balaban J connectivity index is 1.51. The molecule has 0 saturated heterocycles. The predicted octanol–water partition coefficient (Wildman–Crippen LogP) is 1.13. The van der Waals surface area contributed by atoms with Gasteiger partial charge in [-0.2, -0.15) is 0 Å². The Labute approximate surface area is 165 Å². The van der Waals surface area contributed by atoms with Crippen molar-refractivity contribution in [2.45, 2.75) is 50.8 Å². The zero-order valence-electron chi connectivity index (χ0n) is 16.4. The SMILES string of the molecule is CC(C)S(=O)(=O)NC1CCC(C(=O)Nc2ccc(C3=NNNN3C)cc2)CC1. The molecule has 154 valence electrons. The summed E-state index contributed by atoms with van der Waals surface area (Å²) in [5, 5.41) is 8.42. The summed E-state index contributed by atoms with van der Waals surface area (Å²) in [5.74, 6) is 0.648. The molecule has 3 rings (SSSR count). The molecule has 2 aliphatic rings. The third-order valence-corrected chi connectivity index (χ3v) is 7.06. The number of amides is 1. The Kier molecular flexibility index (Phi) is 6.21. The third kappa shape index (κ3) is 4.81. The number of hydrogen-bond acceptors (Lipinski definition) is 7. The molecule has 0 atom stereocenters. The van der Waals surface area contributed by atoms with Crippen LogP contribution >= 0.6 is 0 Å². The van der Waals surface area contributed by atoms with Crippen LogP contribution in [0.4, 0.5) is 5.69 Å². The number of carbonyl (C=O) groups is 1. The van der Waals surface area contributed by atoms with Crippen LogP contribution in [-0.4, -0.2) is 43.5 Å². The maximum atomic E-state index is 12.6. The second-order valence-corrected chi connectivity index (χ2v) is 9.81. The van der Waals surface area contributed by atoms with Crippen LogP contribution in [0.2, 0.25) is 0 Å². The van der Waals surface area contributed by atoms with E-state index in [1.165, 1.54) is 0 Å². The van der Waals surface area contributed by atoms with Crippen molar-refractivity contribution in [2.75, 3.05) is 12.4 Å². The van der Waals surface area contributed by atoms with Gasteiger partial charge in [-0.25, -0.2) is 18.7 Å². The highest BCUT2D eigenvalue weighted by Crippen LogP contribution is 2.26. The van der Waals surface area contributed by atoms with Crippen molar-refractivity contribution in [3.8, 4) is 0 Å². The lowest BCUT2D eigenvalue weighted by molar-refractivity contribution is -0.120. The van der Waals surface area contributed by atoms with Crippen molar-refractivity contribution in [3.05, 3.63) is 29.8 Å². The molecule has 0 unspecified atom stereocenters. The summed E-state index contributed by atoms with van der Waals surface area (Å²) in [4.78, 5) is 12.6.